The van der Waals surface area contributed by atoms with E-state index >= 15 is 0 Å². The summed E-state index contributed by atoms with van der Waals surface area (Å²) in [7, 11) is -1.52. The fourth-order valence-corrected chi connectivity index (χ4v) is 1.33. The molecule has 0 aromatic carbocycles. The number of pyridine rings is 1. The van der Waals surface area contributed by atoms with Crippen LogP contribution in [0.5, 0.6) is 0 Å². The number of nitrogens with zero attached hydrogens (tertiary/aromatic N) is 2. The molecule has 0 radical (unpaired) electrons. The van der Waals surface area contributed by atoms with E-state index in [2.05, 4.69) is 4.98 Å². The molecular formula is C10H9BN2O3. The highest BCUT2D eigenvalue weighted by molar-refractivity contribution is 6.58. The number of hydrogen-bond acceptors (Lipinski definition) is 4. The molecule has 2 aromatic heterocycles. The minimum atomic E-state index is -1.52. The molecule has 0 unspecified atom stereocenters. The van der Waals surface area contributed by atoms with E-state index in [1.54, 1.807) is 35.2 Å². The molecule has 2 heterocycles. The molecule has 2 rings (SSSR count). The van der Waals surface area contributed by atoms with Crippen molar-refractivity contribution in [3.05, 3.63) is 42.4 Å². The molecule has 0 atom stereocenters. The van der Waals surface area contributed by atoms with Gasteiger partial charge in [-0.3, -0.25) is 4.79 Å². The van der Waals surface area contributed by atoms with Gasteiger partial charge < -0.3 is 14.6 Å². The van der Waals surface area contributed by atoms with E-state index in [4.69, 9.17) is 10.0 Å². The SMILES string of the molecule is O=Cc1ccn(-c2ccc(B(O)O)cn2)c1. The summed E-state index contributed by atoms with van der Waals surface area (Å²) in [6, 6.07) is 4.88. The van der Waals surface area contributed by atoms with E-state index in [1.165, 1.54) is 6.20 Å². The number of hydrogen-bond donors (Lipinski definition) is 2. The summed E-state index contributed by atoms with van der Waals surface area (Å²) in [5.41, 5.74) is 0.889. The fourth-order valence-electron chi connectivity index (χ4n) is 1.33. The minimum Gasteiger partial charge on any atom is -0.423 e. The highest BCUT2D eigenvalue weighted by Crippen LogP contribution is 2.05. The molecular weight excluding hydrogens is 207 g/mol. The van der Waals surface area contributed by atoms with Gasteiger partial charge in [-0.1, -0.05) is 6.07 Å². The standard InChI is InChI=1S/C10H9BN2O3/c14-7-8-3-4-13(6-8)10-2-1-9(5-12-10)11(15)16/h1-7,15-16H. The number of rotatable bonds is 3. The van der Waals surface area contributed by atoms with Gasteiger partial charge >= 0.3 is 7.12 Å². The Bertz CT molecular complexity index is 493. The van der Waals surface area contributed by atoms with Crippen molar-refractivity contribution in [3.8, 4) is 5.82 Å². The molecule has 2 N–H and O–H groups in total. The van der Waals surface area contributed by atoms with Gasteiger partial charge in [-0.15, -0.1) is 0 Å². The Kier molecular flexibility index (Phi) is 2.85. The van der Waals surface area contributed by atoms with Crippen LogP contribution in [0, 0.1) is 0 Å². The lowest BCUT2D eigenvalue weighted by molar-refractivity contribution is 0.112. The van der Waals surface area contributed by atoms with Gasteiger partial charge in [0.05, 0.1) is 0 Å². The molecule has 6 heteroatoms. The molecule has 80 valence electrons. The van der Waals surface area contributed by atoms with Gasteiger partial charge in [-0.05, 0) is 12.1 Å². The van der Waals surface area contributed by atoms with Crippen LogP contribution in [0.25, 0.3) is 5.82 Å². The van der Waals surface area contributed by atoms with Crippen LogP contribution in [0.4, 0.5) is 0 Å². The lowest BCUT2D eigenvalue weighted by Crippen LogP contribution is -2.30. The van der Waals surface area contributed by atoms with Crippen molar-refractivity contribution < 1.29 is 14.8 Å². The van der Waals surface area contributed by atoms with Crippen LogP contribution < -0.4 is 5.46 Å². The molecule has 0 fully saturated rings. The Labute approximate surface area is 92.1 Å². The summed E-state index contributed by atoms with van der Waals surface area (Å²) in [4.78, 5) is 14.5. The molecule has 0 aliphatic heterocycles. The monoisotopic (exact) mass is 216 g/mol. The van der Waals surface area contributed by atoms with Crippen molar-refractivity contribution in [1.29, 1.82) is 0 Å². The van der Waals surface area contributed by atoms with Gasteiger partial charge in [0.15, 0.2) is 6.29 Å². The molecule has 0 bridgehead atoms. The van der Waals surface area contributed by atoms with E-state index in [1.807, 2.05) is 0 Å². The summed E-state index contributed by atoms with van der Waals surface area (Å²) in [5.74, 6) is 0.609. The fraction of sp³-hybridized carbons (Fsp3) is 0. The zero-order chi connectivity index (χ0) is 11.5. The van der Waals surface area contributed by atoms with Crippen molar-refractivity contribution in [2.45, 2.75) is 0 Å². The van der Waals surface area contributed by atoms with Crippen LogP contribution in [0.1, 0.15) is 10.4 Å². The van der Waals surface area contributed by atoms with Crippen molar-refractivity contribution >= 4 is 18.9 Å². The Morgan fingerprint density at radius 3 is 2.62 bits per heavy atom. The lowest BCUT2D eigenvalue weighted by atomic mass is 9.82. The highest BCUT2D eigenvalue weighted by atomic mass is 16.4. The second kappa shape index (κ2) is 4.30. The van der Waals surface area contributed by atoms with Crippen LogP contribution in [-0.2, 0) is 0 Å². The van der Waals surface area contributed by atoms with Crippen molar-refractivity contribution in [1.82, 2.24) is 9.55 Å². The summed E-state index contributed by atoms with van der Waals surface area (Å²) in [6.07, 6.45) is 5.48. The van der Waals surface area contributed by atoms with Crippen LogP contribution >= 0.6 is 0 Å². The first-order valence-corrected chi connectivity index (χ1v) is 4.66. The predicted molar refractivity (Wildman–Crippen MR) is 58.8 cm³/mol. The maximum Gasteiger partial charge on any atom is 0.490 e. The number of carbonyl (C=O) groups is 1. The topological polar surface area (TPSA) is 75.4 Å². The van der Waals surface area contributed by atoms with Crippen LogP contribution in [0.15, 0.2) is 36.8 Å². The summed E-state index contributed by atoms with van der Waals surface area (Å²) in [6.45, 7) is 0. The number of aromatic nitrogens is 2. The van der Waals surface area contributed by atoms with E-state index in [9.17, 15) is 4.79 Å². The average Bonchev–Trinajstić information content (AvgIpc) is 2.77. The van der Waals surface area contributed by atoms with Gasteiger partial charge in [0.2, 0.25) is 0 Å². The second-order valence-electron chi connectivity index (χ2n) is 3.29. The Balaban J connectivity index is 2.30. The minimum absolute atomic E-state index is 0.325. The summed E-state index contributed by atoms with van der Waals surface area (Å²) >= 11 is 0. The number of aldehydes is 1. The van der Waals surface area contributed by atoms with Crippen molar-refractivity contribution in [2.75, 3.05) is 0 Å². The van der Waals surface area contributed by atoms with Gasteiger partial charge in [0, 0.05) is 29.6 Å². The Morgan fingerprint density at radius 2 is 2.12 bits per heavy atom. The lowest BCUT2D eigenvalue weighted by Gasteiger charge is -2.03. The quantitative estimate of drug-likeness (QED) is 0.528. The zero-order valence-corrected chi connectivity index (χ0v) is 8.32. The molecule has 0 aliphatic rings. The largest absolute Gasteiger partial charge is 0.490 e. The first kappa shape index (κ1) is 10.6. The summed E-state index contributed by atoms with van der Waals surface area (Å²) in [5, 5.41) is 17.8. The van der Waals surface area contributed by atoms with Crippen LogP contribution in [0.2, 0.25) is 0 Å². The van der Waals surface area contributed by atoms with Crippen molar-refractivity contribution in [2.24, 2.45) is 0 Å². The van der Waals surface area contributed by atoms with E-state index in [0.29, 0.717) is 16.8 Å². The third kappa shape index (κ3) is 2.02. The van der Waals surface area contributed by atoms with E-state index in [-0.39, 0.29) is 0 Å². The van der Waals surface area contributed by atoms with Gasteiger partial charge in [-0.25, -0.2) is 4.98 Å². The summed E-state index contributed by atoms with van der Waals surface area (Å²) < 4.78 is 1.68. The van der Waals surface area contributed by atoms with Gasteiger partial charge in [-0.2, -0.15) is 0 Å². The molecule has 16 heavy (non-hydrogen) atoms. The van der Waals surface area contributed by atoms with Gasteiger partial charge in [0.1, 0.15) is 5.82 Å². The molecule has 5 nitrogen and oxygen atoms in total. The zero-order valence-electron chi connectivity index (χ0n) is 8.32. The molecule has 0 amide bonds. The molecule has 0 saturated carbocycles. The average molecular weight is 216 g/mol. The van der Waals surface area contributed by atoms with Crippen LogP contribution in [-0.4, -0.2) is 33.0 Å². The third-order valence-corrected chi connectivity index (χ3v) is 2.19. The highest BCUT2D eigenvalue weighted by Gasteiger charge is 2.10. The predicted octanol–water partition coefficient (Wildman–Crippen LogP) is -0.635. The molecule has 0 saturated heterocycles. The van der Waals surface area contributed by atoms with E-state index < -0.39 is 7.12 Å². The smallest absolute Gasteiger partial charge is 0.423 e. The maximum atomic E-state index is 10.5. The number of carbonyl (C=O) groups excluding carboxylic acids is 1. The maximum absolute atomic E-state index is 10.5. The van der Waals surface area contributed by atoms with E-state index in [0.717, 1.165) is 6.29 Å². The first-order chi connectivity index (χ1) is 7.70. The van der Waals surface area contributed by atoms with Crippen LogP contribution in [0.3, 0.4) is 0 Å². The first-order valence-electron chi connectivity index (χ1n) is 4.66. The normalized spacial score (nSPS) is 10.1. The van der Waals surface area contributed by atoms with Crippen molar-refractivity contribution in [3.63, 3.8) is 0 Å². The Hall–Kier alpha value is -1.92. The molecule has 0 spiro atoms. The second-order valence-corrected chi connectivity index (χ2v) is 3.29. The molecule has 0 aliphatic carbocycles. The van der Waals surface area contributed by atoms with Gasteiger partial charge in [0.25, 0.3) is 0 Å². The Morgan fingerprint density at radius 1 is 1.31 bits per heavy atom. The third-order valence-electron chi connectivity index (χ3n) is 2.19. The molecule has 2 aromatic rings.